The minimum Gasteiger partial charge on any atom is -0.326 e. The Morgan fingerprint density at radius 3 is 2.65 bits per heavy atom. The van der Waals surface area contributed by atoms with Crippen molar-refractivity contribution in [2.75, 3.05) is 5.32 Å². The van der Waals surface area contributed by atoms with E-state index in [4.69, 9.17) is 11.6 Å². The second kappa shape index (κ2) is 5.87. The molecule has 1 aliphatic carbocycles. The molecule has 2 rings (SSSR count). The van der Waals surface area contributed by atoms with Gasteiger partial charge in [-0.1, -0.05) is 23.8 Å². The number of carbonyl (C=O) groups is 1. The predicted molar refractivity (Wildman–Crippen MR) is 71.6 cm³/mol. The monoisotopic (exact) mass is 303 g/mol. The first kappa shape index (κ1) is 14.9. The van der Waals surface area contributed by atoms with Crippen LogP contribution < -0.4 is 5.32 Å². The third-order valence-electron chi connectivity index (χ3n) is 3.18. The number of hydrogen-bond acceptors (Lipinski definition) is 1. The lowest BCUT2D eigenvalue weighted by Gasteiger charge is -2.18. The van der Waals surface area contributed by atoms with Gasteiger partial charge in [0.25, 0.3) is 0 Å². The molecule has 20 heavy (non-hydrogen) atoms. The van der Waals surface area contributed by atoms with E-state index in [-0.39, 0.29) is 22.5 Å². The number of halogens is 4. The summed E-state index contributed by atoms with van der Waals surface area (Å²) in [6.07, 6.45) is 1.51. The molecule has 6 heteroatoms. The zero-order valence-corrected chi connectivity index (χ0v) is 11.3. The molecular weight excluding hydrogens is 291 g/mol. The highest BCUT2D eigenvalue weighted by molar-refractivity contribution is 6.31. The highest BCUT2D eigenvalue weighted by Crippen LogP contribution is 2.36. The highest BCUT2D eigenvalue weighted by atomic mass is 35.5. The molecule has 1 aromatic rings. The zero-order chi connectivity index (χ0) is 14.8. The van der Waals surface area contributed by atoms with Gasteiger partial charge in [0.2, 0.25) is 5.91 Å². The van der Waals surface area contributed by atoms with Gasteiger partial charge >= 0.3 is 6.18 Å². The Kier molecular flexibility index (Phi) is 4.38. The van der Waals surface area contributed by atoms with Crippen LogP contribution in [0.3, 0.4) is 0 Å². The summed E-state index contributed by atoms with van der Waals surface area (Å²) in [7, 11) is 0. The Labute approximate surface area is 119 Å². The molecule has 1 aromatic carbocycles. The first-order valence-electron chi connectivity index (χ1n) is 6.20. The van der Waals surface area contributed by atoms with Crippen molar-refractivity contribution < 1.29 is 18.0 Å². The van der Waals surface area contributed by atoms with E-state index in [0.29, 0.717) is 12.8 Å². The van der Waals surface area contributed by atoms with E-state index in [1.807, 2.05) is 12.2 Å². The quantitative estimate of drug-likeness (QED) is 0.791. The Bertz CT molecular complexity index is 540. The molecule has 0 heterocycles. The fourth-order valence-electron chi connectivity index (χ4n) is 2.10. The fourth-order valence-corrected chi connectivity index (χ4v) is 2.32. The number of hydrogen-bond donors (Lipinski definition) is 1. The van der Waals surface area contributed by atoms with Gasteiger partial charge in [0.1, 0.15) is 0 Å². The summed E-state index contributed by atoms with van der Waals surface area (Å²) >= 11 is 5.52. The van der Waals surface area contributed by atoms with E-state index in [1.54, 1.807) is 0 Å². The summed E-state index contributed by atoms with van der Waals surface area (Å²) in [5.74, 6) is -0.449. The summed E-state index contributed by atoms with van der Waals surface area (Å²) in [5.41, 5.74) is -0.832. The van der Waals surface area contributed by atoms with Crippen molar-refractivity contribution in [2.24, 2.45) is 5.92 Å². The standard InChI is InChI=1S/C14H13ClF3NO/c15-12-7-6-10(8-11(12)14(16,17)18)19-13(20)9-4-2-1-3-5-9/h1-2,6-9H,3-5H2,(H,19,20)/t9-/m0/s1. The van der Waals surface area contributed by atoms with Crippen molar-refractivity contribution in [1.29, 1.82) is 0 Å². The smallest absolute Gasteiger partial charge is 0.326 e. The van der Waals surface area contributed by atoms with E-state index in [9.17, 15) is 18.0 Å². The predicted octanol–water partition coefficient (Wildman–Crippen LogP) is 4.65. The number of amides is 1. The van der Waals surface area contributed by atoms with Crippen LogP contribution in [0.1, 0.15) is 24.8 Å². The molecule has 1 atom stereocenters. The molecule has 1 amide bonds. The lowest BCUT2D eigenvalue weighted by atomic mass is 9.93. The van der Waals surface area contributed by atoms with E-state index in [0.717, 1.165) is 18.6 Å². The van der Waals surface area contributed by atoms with Crippen LogP contribution in [0.5, 0.6) is 0 Å². The SMILES string of the molecule is O=C(Nc1ccc(Cl)c(C(F)(F)F)c1)[C@H]1CC=CCC1. The molecule has 108 valence electrons. The van der Waals surface area contributed by atoms with Gasteiger partial charge in [-0.2, -0.15) is 13.2 Å². The molecule has 0 unspecified atom stereocenters. The fraction of sp³-hybridized carbons (Fsp3) is 0.357. The van der Waals surface area contributed by atoms with Gasteiger partial charge in [-0.05, 0) is 37.5 Å². The van der Waals surface area contributed by atoms with Crippen LogP contribution in [-0.4, -0.2) is 5.91 Å². The molecule has 0 aromatic heterocycles. The van der Waals surface area contributed by atoms with Crippen LogP contribution in [0.2, 0.25) is 5.02 Å². The summed E-state index contributed by atoms with van der Waals surface area (Å²) in [6.45, 7) is 0. The molecule has 0 fully saturated rings. The minimum atomic E-state index is -4.54. The van der Waals surface area contributed by atoms with Crippen LogP contribution in [0.15, 0.2) is 30.4 Å². The Morgan fingerprint density at radius 2 is 2.05 bits per heavy atom. The number of benzene rings is 1. The van der Waals surface area contributed by atoms with Crippen molar-refractivity contribution >= 4 is 23.2 Å². The van der Waals surface area contributed by atoms with E-state index in [2.05, 4.69) is 5.32 Å². The largest absolute Gasteiger partial charge is 0.417 e. The van der Waals surface area contributed by atoms with Gasteiger partial charge in [-0.3, -0.25) is 4.79 Å². The van der Waals surface area contributed by atoms with Gasteiger partial charge in [0, 0.05) is 11.6 Å². The van der Waals surface area contributed by atoms with Gasteiger partial charge in [0.15, 0.2) is 0 Å². The van der Waals surface area contributed by atoms with Gasteiger partial charge in [-0.25, -0.2) is 0 Å². The molecule has 0 saturated carbocycles. The Balaban J connectivity index is 2.13. The van der Waals surface area contributed by atoms with E-state index in [1.165, 1.54) is 6.07 Å². The summed E-state index contributed by atoms with van der Waals surface area (Å²) < 4.78 is 38.1. The zero-order valence-electron chi connectivity index (χ0n) is 10.5. The van der Waals surface area contributed by atoms with Crippen molar-refractivity contribution in [1.82, 2.24) is 0 Å². The molecule has 0 bridgehead atoms. The lowest BCUT2D eigenvalue weighted by molar-refractivity contribution is -0.137. The maximum absolute atomic E-state index is 12.7. The first-order chi connectivity index (χ1) is 9.38. The van der Waals surface area contributed by atoms with E-state index < -0.39 is 11.7 Å². The minimum absolute atomic E-state index is 0.112. The van der Waals surface area contributed by atoms with Gasteiger partial charge in [0.05, 0.1) is 10.6 Å². The third-order valence-corrected chi connectivity index (χ3v) is 3.51. The third kappa shape index (κ3) is 3.54. The maximum atomic E-state index is 12.7. The summed E-state index contributed by atoms with van der Waals surface area (Å²) in [5, 5.41) is 2.14. The number of carbonyl (C=O) groups excluding carboxylic acids is 1. The number of allylic oxidation sites excluding steroid dienone is 2. The lowest BCUT2D eigenvalue weighted by Crippen LogP contribution is -2.23. The van der Waals surface area contributed by atoms with Crippen molar-refractivity contribution in [3.05, 3.63) is 40.9 Å². The maximum Gasteiger partial charge on any atom is 0.417 e. The number of anilines is 1. The topological polar surface area (TPSA) is 29.1 Å². The number of alkyl halides is 3. The second-order valence-corrected chi connectivity index (χ2v) is 5.07. The van der Waals surface area contributed by atoms with Gasteiger partial charge in [-0.15, -0.1) is 0 Å². The van der Waals surface area contributed by atoms with E-state index >= 15 is 0 Å². The van der Waals surface area contributed by atoms with Crippen LogP contribution in [0.25, 0.3) is 0 Å². The summed E-state index contributed by atoms with van der Waals surface area (Å²) in [4.78, 5) is 12.0. The normalized spacial score (nSPS) is 18.9. The second-order valence-electron chi connectivity index (χ2n) is 4.66. The number of rotatable bonds is 2. The molecule has 0 saturated heterocycles. The number of nitrogens with one attached hydrogen (secondary N) is 1. The summed E-state index contributed by atoms with van der Waals surface area (Å²) in [6, 6.07) is 3.37. The average Bonchev–Trinajstić information content (AvgIpc) is 2.40. The molecule has 1 aliphatic rings. The van der Waals surface area contributed by atoms with Crippen LogP contribution >= 0.6 is 11.6 Å². The molecular formula is C14H13ClF3NO. The average molecular weight is 304 g/mol. The molecule has 0 spiro atoms. The molecule has 1 N–H and O–H groups in total. The van der Waals surface area contributed by atoms with Crippen molar-refractivity contribution in [3.8, 4) is 0 Å². The van der Waals surface area contributed by atoms with Crippen LogP contribution in [0, 0.1) is 5.92 Å². The first-order valence-corrected chi connectivity index (χ1v) is 6.58. The molecule has 0 radical (unpaired) electrons. The van der Waals surface area contributed by atoms with Crippen molar-refractivity contribution in [2.45, 2.75) is 25.4 Å². The van der Waals surface area contributed by atoms with Crippen molar-refractivity contribution in [3.63, 3.8) is 0 Å². The van der Waals surface area contributed by atoms with Crippen LogP contribution in [0.4, 0.5) is 18.9 Å². The molecule has 0 aliphatic heterocycles. The molecule has 2 nitrogen and oxygen atoms in total. The highest BCUT2D eigenvalue weighted by Gasteiger charge is 2.33. The van der Waals surface area contributed by atoms with Gasteiger partial charge < -0.3 is 5.32 Å². The Morgan fingerprint density at radius 1 is 1.30 bits per heavy atom. The van der Waals surface area contributed by atoms with Crippen LogP contribution in [-0.2, 0) is 11.0 Å². The Hall–Kier alpha value is -1.49.